The first-order chi connectivity index (χ1) is 24.6. The van der Waals surface area contributed by atoms with Gasteiger partial charge >= 0.3 is 5.56 Å². The van der Waals surface area contributed by atoms with Crippen molar-refractivity contribution in [2.45, 2.75) is 69.3 Å². The zero-order valence-corrected chi connectivity index (χ0v) is 29.6. The van der Waals surface area contributed by atoms with E-state index in [0.717, 1.165) is 43.6 Å². The minimum absolute atomic E-state index is 0.0105. The number of halogens is 3. The summed E-state index contributed by atoms with van der Waals surface area (Å²) in [6.45, 7) is 3.77. The highest BCUT2D eigenvalue weighted by molar-refractivity contribution is 7.23. The molecular weight excluding hydrogens is 700 g/mol. The lowest BCUT2D eigenvalue weighted by atomic mass is 9.95. The fourth-order valence-electron chi connectivity index (χ4n) is 8.71. The molecule has 0 bridgehead atoms. The largest absolute Gasteiger partial charge is 0.488 e. The molecule has 15 heteroatoms. The van der Waals surface area contributed by atoms with E-state index >= 15 is 8.78 Å². The van der Waals surface area contributed by atoms with Crippen LogP contribution in [0.3, 0.4) is 0 Å². The number of hydrogen-bond donors (Lipinski definition) is 2. The quantitative estimate of drug-likeness (QED) is 0.249. The van der Waals surface area contributed by atoms with E-state index in [1.54, 1.807) is 0 Å². The summed E-state index contributed by atoms with van der Waals surface area (Å²) in [4.78, 5) is 36.5. The Hall–Kier alpha value is -4.03. The highest BCUT2D eigenvalue weighted by Gasteiger charge is 2.53. The summed E-state index contributed by atoms with van der Waals surface area (Å²) in [5.41, 5.74) is 5.47. The van der Waals surface area contributed by atoms with Gasteiger partial charge < -0.3 is 20.1 Å². The topological polar surface area (TPSA) is 149 Å². The lowest BCUT2D eigenvalue weighted by Crippen LogP contribution is -2.42. The summed E-state index contributed by atoms with van der Waals surface area (Å²) < 4.78 is 46.5. The standard InChI is InChI=1S/C36H36ClF2N7O4S/c1-15(21-4-3-10-44(21)2)50-34-36(48)46-22(17-9-11-45(13-17)35(47)29-27(42-29)16-5-6-16)14-49-31-25(37)24(26(39)28(43-34)30(31)46)18-7-8-20(38)32-23(18)19(12-40)33(41)51-32/h7-8,15-17,21-22,27,29,42H,3-6,9-11,13-14,41H2,1-2H3/t15-,17?,21-,22?,27-,29+/m0/s1. The molecule has 2 aromatic carbocycles. The predicted molar refractivity (Wildman–Crippen MR) is 189 cm³/mol. The molecule has 51 heavy (non-hydrogen) atoms. The number of hydrogen-bond acceptors (Lipinski definition) is 10. The van der Waals surface area contributed by atoms with Crippen LogP contribution >= 0.6 is 22.9 Å². The maximum Gasteiger partial charge on any atom is 0.314 e. The molecule has 0 spiro atoms. The molecule has 1 aliphatic carbocycles. The van der Waals surface area contributed by atoms with E-state index in [-0.39, 0.29) is 96.0 Å². The van der Waals surface area contributed by atoms with Gasteiger partial charge in [-0.05, 0) is 70.2 Å². The second-order valence-corrected chi connectivity index (χ2v) is 16.0. The molecular formula is C36H36ClF2N7O4S. The van der Waals surface area contributed by atoms with Crippen LogP contribution < -0.4 is 26.1 Å². The molecule has 3 saturated heterocycles. The highest BCUT2D eigenvalue weighted by Crippen LogP contribution is 2.50. The van der Waals surface area contributed by atoms with Crippen molar-refractivity contribution in [1.29, 1.82) is 5.26 Å². The molecule has 9 rings (SSSR count). The van der Waals surface area contributed by atoms with E-state index < -0.39 is 29.3 Å². The molecule has 2 aromatic heterocycles. The van der Waals surface area contributed by atoms with Gasteiger partial charge in [0.2, 0.25) is 5.91 Å². The van der Waals surface area contributed by atoms with Crippen LogP contribution in [0.2, 0.25) is 5.02 Å². The van der Waals surface area contributed by atoms with Gasteiger partial charge in [0.05, 0.1) is 21.3 Å². The van der Waals surface area contributed by atoms with Crippen molar-refractivity contribution in [2.24, 2.45) is 11.8 Å². The van der Waals surface area contributed by atoms with Crippen LogP contribution in [0, 0.1) is 34.8 Å². The number of nitriles is 1. The first-order valence-electron chi connectivity index (χ1n) is 17.5. The molecule has 5 aliphatic rings. The molecule has 6 atom stereocenters. The Morgan fingerprint density at radius 1 is 1.24 bits per heavy atom. The van der Waals surface area contributed by atoms with Gasteiger partial charge in [0.1, 0.15) is 46.7 Å². The number of carbonyl (C=O) groups is 1. The zero-order valence-electron chi connectivity index (χ0n) is 28.0. The number of rotatable bonds is 7. The Balaban J connectivity index is 1.19. The number of amides is 1. The second-order valence-electron chi connectivity index (χ2n) is 14.6. The SMILES string of the molecule is C[C@H](Oc1nc2c(F)c(-c3ccc(F)c4sc(N)c(C#N)c34)c(Cl)c3c2n(c1=O)C(C1CCN(C(=O)[C@@H]2N[C@H]2C2CC2)C1)CO3)[C@@H]1CCCN1C. The minimum atomic E-state index is -0.872. The van der Waals surface area contributed by atoms with Crippen LogP contribution in [-0.4, -0.2) is 82.8 Å². The summed E-state index contributed by atoms with van der Waals surface area (Å²) in [6, 6.07) is 4.13. The van der Waals surface area contributed by atoms with Crippen LogP contribution in [0.4, 0.5) is 13.8 Å². The number of benzene rings is 2. The third kappa shape index (κ3) is 5.10. The van der Waals surface area contributed by atoms with E-state index in [1.807, 2.05) is 24.9 Å². The summed E-state index contributed by atoms with van der Waals surface area (Å²) in [7, 11) is 2.00. The zero-order chi connectivity index (χ0) is 35.5. The molecule has 4 aromatic rings. The molecule has 2 unspecified atom stereocenters. The van der Waals surface area contributed by atoms with Gasteiger partial charge in [-0.2, -0.15) is 5.26 Å². The van der Waals surface area contributed by atoms with Gasteiger partial charge in [0, 0.05) is 42.0 Å². The number of thiophene rings is 1. The van der Waals surface area contributed by atoms with Crippen LogP contribution in [0.25, 0.3) is 32.2 Å². The van der Waals surface area contributed by atoms with Crippen molar-refractivity contribution in [3.8, 4) is 28.8 Å². The fourth-order valence-corrected chi connectivity index (χ4v) is 9.98. The van der Waals surface area contributed by atoms with Crippen molar-refractivity contribution in [3.05, 3.63) is 44.7 Å². The first kappa shape index (κ1) is 32.8. The number of nitrogens with two attached hydrogens (primary N) is 1. The Labute approximate surface area is 300 Å². The third-order valence-corrected chi connectivity index (χ3v) is 13.0. The number of nitrogens with zero attached hydrogens (tertiary/aromatic N) is 5. The van der Waals surface area contributed by atoms with Crippen LogP contribution in [0.1, 0.15) is 50.6 Å². The lowest BCUT2D eigenvalue weighted by Gasteiger charge is -2.33. The number of likely N-dealkylation sites (N-methyl/N-ethyl adjacent to an activating group) is 1. The number of fused-ring (bicyclic) bond motifs is 1. The number of carbonyl (C=O) groups excluding carboxylic acids is 1. The summed E-state index contributed by atoms with van der Waals surface area (Å²) in [5.74, 6) is -1.19. The number of likely N-dealkylation sites (tertiary alicyclic amines) is 2. The summed E-state index contributed by atoms with van der Waals surface area (Å²) in [6.07, 6.45) is 4.37. The Bertz CT molecular complexity index is 2250. The normalized spacial score (nSPS) is 26.4. The maximum absolute atomic E-state index is 17.2. The van der Waals surface area contributed by atoms with E-state index in [9.17, 15) is 14.9 Å². The van der Waals surface area contributed by atoms with Crippen LogP contribution in [0.5, 0.6) is 11.6 Å². The van der Waals surface area contributed by atoms with Crippen molar-refractivity contribution in [2.75, 3.05) is 39.0 Å². The molecule has 11 nitrogen and oxygen atoms in total. The number of ether oxygens (including phenoxy) is 2. The molecule has 0 radical (unpaired) electrons. The van der Waals surface area contributed by atoms with Crippen molar-refractivity contribution in [1.82, 2.24) is 24.7 Å². The fraction of sp³-hybridized carbons (Fsp3) is 0.500. The maximum atomic E-state index is 17.2. The molecule has 1 saturated carbocycles. The number of nitrogen functional groups attached to an aromatic ring is 1. The Morgan fingerprint density at radius 3 is 2.76 bits per heavy atom. The Kier molecular flexibility index (Phi) is 7.74. The monoisotopic (exact) mass is 735 g/mol. The number of nitrogens with one attached hydrogen (secondary N) is 1. The molecule has 266 valence electrons. The van der Waals surface area contributed by atoms with Crippen molar-refractivity contribution < 1.29 is 23.0 Å². The lowest BCUT2D eigenvalue weighted by molar-refractivity contribution is -0.129. The third-order valence-electron chi connectivity index (χ3n) is 11.6. The van der Waals surface area contributed by atoms with Gasteiger partial charge in [0.15, 0.2) is 11.6 Å². The highest BCUT2D eigenvalue weighted by atomic mass is 35.5. The number of anilines is 1. The van der Waals surface area contributed by atoms with E-state index in [2.05, 4.69) is 15.2 Å². The first-order valence-corrected chi connectivity index (χ1v) is 18.7. The number of aromatic nitrogens is 2. The average Bonchev–Trinajstić information content (AvgIpc) is 3.98. The predicted octanol–water partition coefficient (Wildman–Crippen LogP) is 5.06. The average molecular weight is 736 g/mol. The van der Waals surface area contributed by atoms with Gasteiger partial charge in [-0.25, -0.2) is 13.8 Å². The molecule has 6 heterocycles. The smallest absolute Gasteiger partial charge is 0.314 e. The molecule has 4 aliphatic heterocycles. The van der Waals surface area contributed by atoms with Crippen molar-refractivity contribution in [3.63, 3.8) is 0 Å². The van der Waals surface area contributed by atoms with E-state index in [0.29, 0.717) is 25.4 Å². The molecule has 4 fully saturated rings. The second kappa shape index (κ2) is 12.0. The van der Waals surface area contributed by atoms with Gasteiger partial charge in [-0.1, -0.05) is 17.7 Å². The minimum Gasteiger partial charge on any atom is -0.488 e. The van der Waals surface area contributed by atoms with Crippen LogP contribution in [0.15, 0.2) is 16.9 Å². The van der Waals surface area contributed by atoms with Gasteiger partial charge in [0.25, 0.3) is 5.88 Å². The van der Waals surface area contributed by atoms with E-state index in [1.165, 1.54) is 16.7 Å². The Morgan fingerprint density at radius 2 is 2.04 bits per heavy atom. The summed E-state index contributed by atoms with van der Waals surface area (Å²) >= 11 is 7.90. The van der Waals surface area contributed by atoms with E-state index in [4.69, 9.17) is 26.8 Å². The molecule has 3 N–H and O–H groups in total. The van der Waals surface area contributed by atoms with Crippen molar-refractivity contribution >= 4 is 55.0 Å². The molecule has 1 amide bonds. The summed E-state index contributed by atoms with van der Waals surface area (Å²) in [5, 5.41) is 13.4. The van der Waals surface area contributed by atoms with Crippen LogP contribution in [-0.2, 0) is 4.79 Å². The van der Waals surface area contributed by atoms with Gasteiger partial charge in [-0.15, -0.1) is 11.3 Å². The van der Waals surface area contributed by atoms with Gasteiger partial charge in [-0.3, -0.25) is 24.4 Å².